The van der Waals surface area contributed by atoms with Gasteiger partial charge < -0.3 is 39.6 Å². The Morgan fingerprint density at radius 1 is 0.364 bits per heavy atom. The Bertz CT molecular complexity index is 1360. The van der Waals surface area contributed by atoms with Crippen molar-refractivity contribution in [1.82, 2.24) is 0 Å². The van der Waals surface area contributed by atoms with E-state index in [4.69, 9.17) is 0 Å². The van der Waals surface area contributed by atoms with Crippen molar-refractivity contribution in [2.24, 2.45) is 34.5 Å². The third-order valence-corrected chi connectivity index (χ3v) is 14.9. The molecule has 2 unspecified atom stereocenters. The third kappa shape index (κ3) is 33.0. The van der Waals surface area contributed by atoms with Gasteiger partial charge in [0.2, 0.25) is 0 Å². The van der Waals surface area contributed by atoms with E-state index in [1.807, 2.05) is 0 Å². The van der Waals surface area contributed by atoms with Gasteiger partial charge in [-0.1, -0.05) is 209 Å². The molecule has 0 aromatic carbocycles. The van der Waals surface area contributed by atoms with Crippen molar-refractivity contribution in [3.63, 3.8) is 0 Å². The van der Waals surface area contributed by atoms with Crippen LogP contribution < -0.4 is 20.4 Å². The molecule has 0 saturated heterocycles. The van der Waals surface area contributed by atoms with Crippen molar-refractivity contribution in [2.45, 2.75) is 246 Å². The summed E-state index contributed by atoms with van der Waals surface area (Å²) in [5.74, 6) is -5.22. The fourth-order valence-electron chi connectivity index (χ4n) is 8.75. The Morgan fingerprint density at radius 2 is 0.530 bits per heavy atom. The van der Waals surface area contributed by atoms with Crippen LogP contribution in [0.15, 0.2) is 0 Å². The van der Waals surface area contributed by atoms with E-state index in [-0.39, 0.29) is 101 Å². The summed E-state index contributed by atoms with van der Waals surface area (Å²) >= 11 is 0. The molecule has 2 N–H and O–H groups in total. The second kappa shape index (κ2) is 39.8. The van der Waals surface area contributed by atoms with Gasteiger partial charge >= 0.3 is 75.5 Å². The van der Waals surface area contributed by atoms with Crippen LogP contribution >= 0.6 is 0 Å². The van der Waals surface area contributed by atoms with Crippen molar-refractivity contribution < 1.29 is 65.5 Å². The first-order valence-corrected chi connectivity index (χ1v) is 27.5. The van der Waals surface area contributed by atoms with Crippen molar-refractivity contribution in [1.29, 1.82) is 0 Å². The average Bonchev–Trinajstić information content (AvgIpc) is 3.14. The van der Waals surface area contributed by atoms with Crippen molar-refractivity contribution >= 4 is 120 Å². The van der Waals surface area contributed by atoms with Gasteiger partial charge in [0.1, 0.15) is 10.5 Å². The van der Waals surface area contributed by atoms with E-state index in [0.29, 0.717) is 75.0 Å². The average molecular weight is 1030 g/mol. The molecule has 0 aromatic heterocycles. The van der Waals surface area contributed by atoms with Gasteiger partial charge in [0, 0.05) is 22.8 Å². The Hall–Kier alpha value is 0.219. The van der Waals surface area contributed by atoms with Gasteiger partial charge in [-0.15, -0.1) is 0 Å². The molecule has 0 fully saturated rings. The summed E-state index contributed by atoms with van der Waals surface area (Å²) in [6.07, 6.45) is 19.4. The molecule has 0 bridgehead atoms. The molecule has 0 aliphatic heterocycles. The molecule has 0 aromatic rings. The summed E-state index contributed by atoms with van der Waals surface area (Å²) in [4.78, 5) is 47.5. The van der Waals surface area contributed by atoms with Crippen LogP contribution in [0.2, 0.25) is 0 Å². The molecule has 0 aliphatic carbocycles. The monoisotopic (exact) mass is 1030 g/mol. The maximum Gasteiger partial charge on any atom is 2.00 e. The van der Waals surface area contributed by atoms with E-state index in [9.17, 15) is 65.5 Å². The molecule has 0 radical (unpaired) electrons. The normalized spacial score (nSPS) is 13.2. The predicted molar refractivity (Wildman–Crippen MR) is 256 cm³/mol. The Balaban J connectivity index is -0.000000565. The number of carbonyl (C=O) groups is 4. The standard InChI is InChI=1S/2C24H46O7S.2Ca/c2*1-19(2)15-11-7-5-9-13-17-24(23(27)28,21(22(25)26)32(29,30)31)18-14-10-6-8-12-16-20(3)4;;/h2*19-21H,5-18H2,1-4H3,(H,25,26)(H,27,28)(H,29,30,31);;/q;;2*+2/p-4. The van der Waals surface area contributed by atoms with Crippen LogP contribution in [0, 0.1) is 34.5 Å². The molecule has 0 rings (SSSR count). The molecule has 14 nitrogen and oxygen atoms in total. The number of aliphatic carboxylic acids is 4. The van der Waals surface area contributed by atoms with E-state index < -0.39 is 65.4 Å². The maximum absolute atomic E-state index is 12.1. The molecule has 66 heavy (non-hydrogen) atoms. The van der Waals surface area contributed by atoms with Crippen molar-refractivity contribution in [2.75, 3.05) is 0 Å². The Labute approximate surface area is 460 Å². The number of hydrogen-bond donors (Lipinski definition) is 2. The molecular weight excluding hydrogens is 945 g/mol. The van der Waals surface area contributed by atoms with Gasteiger partial charge in [-0.05, 0) is 49.4 Å². The van der Waals surface area contributed by atoms with Gasteiger partial charge in [0.05, 0.1) is 11.9 Å². The summed E-state index contributed by atoms with van der Waals surface area (Å²) in [7, 11) is -10.3. The van der Waals surface area contributed by atoms with Crippen LogP contribution in [0.1, 0.15) is 235 Å². The van der Waals surface area contributed by atoms with Crippen LogP contribution in [-0.4, -0.2) is 136 Å². The van der Waals surface area contributed by atoms with Crippen LogP contribution in [0.4, 0.5) is 0 Å². The summed E-state index contributed by atoms with van der Waals surface area (Å²) in [5, 5.41) is 42.4. The van der Waals surface area contributed by atoms with E-state index >= 15 is 0 Å². The number of carbonyl (C=O) groups excluding carboxylic acids is 4. The molecule has 18 heteroatoms. The number of unbranched alkanes of at least 4 members (excludes halogenated alkanes) is 16. The minimum absolute atomic E-state index is 0. The molecular formula is C48H88Ca2O14S2. The smallest absolute Gasteiger partial charge is 0.549 e. The molecule has 380 valence electrons. The minimum Gasteiger partial charge on any atom is -0.549 e. The number of carboxylic acid groups (broad SMARTS) is 4. The summed E-state index contributed by atoms with van der Waals surface area (Å²) in [6, 6.07) is 0. The first-order chi connectivity index (χ1) is 29.7. The van der Waals surface area contributed by atoms with Gasteiger partial charge in [0.15, 0.2) is 0 Å². The molecule has 0 heterocycles. The van der Waals surface area contributed by atoms with Crippen LogP contribution in [0.5, 0.6) is 0 Å². The zero-order chi connectivity index (χ0) is 49.6. The Morgan fingerprint density at radius 3 is 0.667 bits per heavy atom. The molecule has 0 saturated carbocycles. The first kappa shape index (κ1) is 72.8. The zero-order valence-corrected chi connectivity index (χ0v) is 48.3. The zero-order valence-electron chi connectivity index (χ0n) is 42.3. The molecule has 0 spiro atoms. The first-order valence-electron chi connectivity index (χ1n) is 24.5. The van der Waals surface area contributed by atoms with Crippen LogP contribution in [-0.2, 0) is 39.4 Å². The van der Waals surface area contributed by atoms with Gasteiger partial charge in [-0.25, -0.2) is 0 Å². The summed E-state index contributed by atoms with van der Waals surface area (Å²) < 4.78 is 66.5. The third-order valence-electron chi connectivity index (χ3n) is 12.5. The van der Waals surface area contributed by atoms with Crippen LogP contribution in [0.3, 0.4) is 0 Å². The fraction of sp³-hybridized carbons (Fsp3) is 0.917. The van der Waals surface area contributed by atoms with E-state index in [1.165, 1.54) is 0 Å². The van der Waals surface area contributed by atoms with E-state index in [2.05, 4.69) is 55.4 Å². The number of rotatable bonds is 40. The summed E-state index contributed by atoms with van der Waals surface area (Å²) in [6.45, 7) is 17.2. The van der Waals surface area contributed by atoms with Gasteiger partial charge in [0.25, 0.3) is 20.2 Å². The van der Waals surface area contributed by atoms with E-state index in [1.54, 1.807) is 0 Å². The second-order valence-corrected chi connectivity index (χ2v) is 23.1. The molecule has 0 amide bonds. The summed E-state index contributed by atoms with van der Waals surface area (Å²) in [5.41, 5.74) is -4.38. The molecule has 0 aliphatic rings. The Kier molecular flexibility index (Phi) is 43.9. The quantitative estimate of drug-likeness (QED) is 0.0391. The minimum atomic E-state index is -5.17. The predicted octanol–water partition coefficient (Wildman–Crippen LogP) is 6.24. The van der Waals surface area contributed by atoms with E-state index in [0.717, 1.165) is 103 Å². The number of carboxylic acids is 4. The SMILES string of the molecule is CC(C)CCCCCCCC(CCCCCCCC(C)C)(C(=O)[O-])C(C(=O)[O-])S(=O)(=O)O.CC(C)CCCCCCCC(CCCCCCCC(C)C)(C(=O)[O-])C(C(=O)[O-])S(=O)(=O)O.[Ca+2].[Ca+2]. The number of hydrogen-bond acceptors (Lipinski definition) is 12. The van der Waals surface area contributed by atoms with Gasteiger partial charge in [-0.3, -0.25) is 9.11 Å². The topological polar surface area (TPSA) is 269 Å². The van der Waals surface area contributed by atoms with Gasteiger partial charge in [-0.2, -0.15) is 16.8 Å². The fourth-order valence-corrected chi connectivity index (χ4v) is 11.0. The largest absolute Gasteiger partial charge is 2.00 e. The van der Waals surface area contributed by atoms with Crippen molar-refractivity contribution in [3.05, 3.63) is 0 Å². The maximum atomic E-state index is 12.1. The molecule has 2 atom stereocenters. The van der Waals surface area contributed by atoms with Crippen molar-refractivity contribution in [3.8, 4) is 0 Å². The van der Waals surface area contributed by atoms with Crippen LogP contribution in [0.25, 0.3) is 0 Å². The second-order valence-electron chi connectivity index (χ2n) is 20.1.